The Labute approximate surface area is 92.5 Å². The van der Waals surface area contributed by atoms with Crippen LogP contribution < -0.4 is 5.32 Å². The molecule has 2 unspecified atom stereocenters. The minimum atomic E-state index is -0.546. The van der Waals surface area contributed by atoms with Gasteiger partial charge in [-0.25, -0.2) is 4.79 Å². The molecule has 1 N–H and O–H groups in total. The number of halogens is 1. The number of alkyl halides is 1. The largest absolute Gasteiger partial charge is 0.467 e. The van der Waals surface area contributed by atoms with Gasteiger partial charge in [-0.3, -0.25) is 4.79 Å². The summed E-state index contributed by atoms with van der Waals surface area (Å²) in [6.07, 6.45) is 0.808. The fourth-order valence-corrected chi connectivity index (χ4v) is 1.17. The number of amides is 1. The van der Waals surface area contributed by atoms with Crippen LogP contribution in [-0.2, 0) is 14.3 Å². The predicted octanol–water partition coefficient (Wildman–Crippen LogP) is 1.09. The van der Waals surface area contributed by atoms with Crippen molar-refractivity contribution in [2.24, 2.45) is 5.92 Å². The minimum Gasteiger partial charge on any atom is -0.467 e. The topological polar surface area (TPSA) is 55.4 Å². The highest BCUT2D eigenvalue weighted by molar-refractivity contribution is 9.09. The third-order valence-corrected chi connectivity index (χ3v) is 2.62. The molecule has 0 aromatic carbocycles. The van der Waals surface area contributed by atoms with Crippen molar-refractivity contribution < 1.29 is 14.3 Å². The van der Waals surface area contributed by atoms with Gasteiger partial charge in [-0.2, -0.15) is 0 Å². The standard InChI is InChI=1S/C9H16BrNO3/c1-4-6(2)8(9(13)14-3)11-7(12)5-10/h6,8H,4-5H2,1-3H3,(H,11,12). The van der Waals surface area contributed by atoms with Crippen LogP contribution in [0, 0.1) is 5.92 Å². The molecule has 0 aliphatic carbocycles. The number of esters is 1. The van der Waals surface area contributed by atoms with Crippen LogP contribution in [0.3, 0.4) is 0 Å². The van der Waals surface area contributed by atoms with Crippen LogP contribution in [0.15, 0.2) is 0 Å². The Hall–Kier alpha value is -0.580. The molecule has 1 amide bonds. The first-order valence-corrected chi connectivity index (χ1v) is 5.62. The number of ether oxygens (including phenoxy) is 1. The van der Waals surface area contributed by atoms with Crippen LogP contribution in [0.2, 0.25) is 0 Å². The van der Waals surface area contributed by atoms with Gasteiger partial charge in [-0.15, -0.1) is 0 Å². The Morgan fingerprint density at radius 1 is 1.50 bits per heavy atom. The van der Waals surface area contributed by atoms with Crippen molar-refractivity contribution in [1.29, 1.82) is 0 Å². The van der Waals surface area contributed by atoms with Gasteiger partial charge in [-0.05, 0) is 5.92 Å². The molecule has 0 aromatic rings. The van der Waals surface area contributed by atoms with Gasteiger partial charge in [0.1, 0.15) is 6.04 Å². The van der Waals surface area contributed by atoms with E-state index in [2.05, 4.69) is 26.0 Å². The zero-order valence-electron chi connectivity index (χ0n) is 8.67. The first-order chi connectivity index (χ1) is 6.56. The Balaban J connectivity index is 4.39. The molecule has 0 saturated heterocycles. The van der Waals surface area contributed by atoms with E-state index in [-0.39, 0.29) is 17.2 Å². The summed E-state index contributed by atoms with van der Waals surface area (Å²) < 4.78 is 4.61. The van der Waals surface area contributed by atoms with Crippen molar-refractivity contribution in [2.45, 2.75) is 26.3 Å². The van der Waals surface area contributed by atoms with Crippen molar-refractivity contribution in [1.82, 2.24) is 5.32 Å². The van der Waals surface area contributed by atoms with Crippen molar-refractivity contribution >= 4 is 27.8 Å². The van der Waals surface area contributed by atoms with Gasteiger partial charge in [0.2, 0.25) is 5.91 Å². The Morgan fingerprint density at radius 3 is 2.43 bits per heavy atom. The lowest BCUT2D eigenvalue weighted by Gasteiger charge is -2.21. The third-order valence-electron chi connectivity index (χ3n) is 2.11. The van der Waals surface area contributed by atoms with E-state index in [1.165, 1.54) is 7.11 Å². The molecule has 4 nitrogen and oxygen atoms in total. The summed E-state index contributed by atoms with van der Waals surface area (Å²) in [6, 6.07) is -0.546. The molecule has 0 heterocycles. The van der Waals surface area contributed by atoms with E-state index >= 15 is 0 Å². The smallest absolute Gasteiger partial charge is 0.328 e. The lowest BCUT2D eigenvalue weighted by molar-refractivity contribution is -0.146. The number of rotatable bonds is 5. The molecule has 5 heteroatoms. The maximum absolute atomic E-state index is 11.3. The van der Waals surface area contributed by atoms with Crippen molar-refractivity contribution in [3.8, 4) is 0 Å². The fraction of sp³-hybridized carbons (Fsp3) is 0.778. The lowest BCUT2D eigenvalue weighted by Crippen LogP contribution is -2.46. The summed E-state index contributed by atoms with van der Waals surface area (Å²) in [5, 5.41) is 2.80. The molecule has 14 heavy (non-hydrogen) atoms. The Morgan fingerprint density at radius 2 is 2.07 bits per heavy atom. The van der Waals surface area contributed by atoms with Crippen molar-refractivity contribution in [3.63, 3.8) is 0 Å². The molecule has 0 fully saturated rings. The van der Waals surface area contributed by atoms with E-state index in [9.17, 15) is 9.59 Å². The van der Waals surface area contributed by atoms with Crippen LogP contribution in [0.1, 0.15) is 20.3 Å². The summed E-state index contributed by atoms with van der Waals surface area (Å²) in [4.78, 5) is 22.4. The number of carbonyl (C=O) groups excluding carboxylic acids is 2. The molecular weight excluding hydrogens is 250 g/mol. The lowest BCUT2D eigenvalue weighted by atomic mass is 9.99. The molecule has 0 saturated carbocycles. The van der Waals surface area contributed by atoms with Gasteiger partial charge < -0.3 is 10.1 Å². The molecule has 0 aliphatic heterocycles. The maximum atomic E-state index is 11.3. The van der Waals surface area contributed by atoms with E-state index in [1.807, 2.05) is 13.8 Å². The molecule has 82 valence electrons. The number of nitrogens with one attached hydrogen (secondary N) is 1. The quantitative estimate of drug-likeness (QED) is 0.598. The molecule has 2 atom stereocenters. The van der Waals surface area contributed by atoms with Gasteiger partial charge in [0.25, 0.3) is 0 Å². The molecule has 0 bridgehead atoms. The highest BCUT2D eigenvalue weighted by Gasteiger charge is 2.25. The first kappa shape index (κ1) is 13.4. The summed E-state index contributed by atoms with van der Waals surface area (Å²) >= 11 is 3.02. The maximum Gasteiger partial charge on any atom is 0.328 e. The third kappa shape index (κ3) is 4.09. The van der Waals surface area contributed by atoms with E-state index < -0.39 is 12.0 Å². The molecule has 0 radical (unpaired) electrons. The molecular formula is C9H16BrNO3. The number of hydrogen-bond donors (Lipinski definition) is 1. The van der Waals surface area contributed by atoms with E-state index in [4.69, 9.17) is 0 Å². The summed E-state index contributed by atoms with van der Waals surface area (Å²) in [6.45, 7) is 3.86. The summed E-state index contributed by atoms with van der Waals surface area (Å²) in [5.74, 6) is -0.528. The molecule has 0 rings (SSSR count). The zero-order valence-corrected chi connectivity index (χ0v) is 10.3. The fourth-order valence-electron chi connectivity index (χ4n) is 1.01. The Kier molecular flexibility index (Phi) is 6.53. The molecule has 0 aliphatic rings. The monoisotopic (exact) mass is 265 g/mol. The molecule has 0 spiro atoms. The van der Waals surface area contributed by atoms with Crippen molar-refractivity contribution in [2.75, 3.05) is 12.4 Å². The van der Waals surface area contributed by atoms with Gasteiger partial charge in [0, 0.05) is 0 Å². The summed E-state index contributed by atoms with van der Waals surface area (Å²) in [7, 11) is 1.32. The normalized spacial score (nSPS) is 14.3. The summed E-state index contributed by atoms with van der Waals surface area (Å²) in [5.41, 5.74) is 0. The number of carbonyl (C=O) groups is 2. The van der Waals surface area contributed by atoms with E-state index in [0.29, 0.717) is 0 Å². The predicted molar refractivity (Wildman–Crippen MR) is 57.2 cm³/mol. The van der Waals surface area contributed by atoms with Gasteiger partial charge in [0.05, 0.1) is 12.4 Å². The van der Waals surface area contributed by atoms with Crippen LogP contribution in [0.5, 0.6) is 0 Å². The minimum absolute atomic E-state index is 0.0745. The van der Waals surface area contributed by atoms with Crippen molar-refractivity contribution in [3.05, 3.63) is 0 Å². The Bertz CT molecular complexity index is 208. The van der Waals surface area contributed by atoms with Gasteiger partial charge in [-0.1, -0.05) is 36.2 Å². The second-order valence-electron chi connectivity index (χ2n) is 3.09. The first-order valence-electron chi connectivity index (χ1n) is 4.49. The zero-order chi connectivity index (χ0) is 11.1. The van der Waals surface area contributed by atoms with Crippen LogP contribution in [-0.4, -0.2) is 30.4 Å². The number of hydrogen-bond acceptors (Lipinski definition) is 3. The highest BCUT2D eigenvalue weighted by atomic mass is 79.9. The second kappa shape index (κ2) is 6.81. The van der Waals surface area contributed by atoms with Gasteiger partial charge >= 0.3 is 5.97 Å². The number of methoxy groups -OCH3 is 1. The molecule has 0 aromatic heterocycles. The van der Waals surface area contributed by atoms with Crippen LogP contribution >= 0.6 is 15.9 Å². The van der Waals surface area contributed by atoms with Crippen LogP contribution in [0.4, 0.5) is 0 Å². The second-order valence-corrected chi connectivity index (χ2v) is 3.65. The van der Waals surface area contributed by atoms with Crippen LogP contribution in [0.25, 0.3) is 0 Å². The van der Waals surface area contributed by atoms with E-state index in [1.54, 1.807) is 0 Å². The SMILES string of the molecule is CCC(C)C(NC(=O)CBr)C(=O)OC. The highest BCUT2D eigenvalue weighted by Crippen LogP contribution is 2.09. The van der Waals surface area contributed by atoms with E-state index in [0.717, 1.165) is 6.42 Å². The average Bonchev–Trinajstić information content (AvgIpc) is 2.23. The average molecular weight is 266 g/mol. The van der Waals surface area contributed by atoms with Gasteiger partial charge in [0.15, 0.2) is 0 Å².